The number of likely N-dealkylation sites (N-methyl/N-ethyl adjacent to an activating group) is 1. The van der Waals surface area contributed by atoms with E-state index >= 15 is 0 Å². The van der Waals surface area contributed by atoms with Gasteiger partial charge in [-0.1, -0.05) is 74.5 Å². The van der Waals surface area contributed by atoms with Crippen LogP contribution in [0, 0.1) is 0 Å². The minimum Gasteiger partial charge on any atom is -0.444 e. The van der Waals surface area contributed by atoms with E-state index in [-0.39, 0.29) is 24.8 Å². The molecule has 0 saturated carbocycles. The number of unbranched alkanes of at least 4 members (excludes halogenated alkanes) is 1. The Kier molecular flexibility index (Phi) is 11.4. The van der Waals surface area contributed by atoms with Gasteiger partial charge < -0.3 is 20.3 Å². The van der Waals surface area contributed by atoms with Crippen molar-refractivity contribution in [1.82, 2.24) is 15.5 Å². The third kappa shape index (κ3) is 9.41. The summed E-state index contributed by atoms with van der Waals surface area (Å²) in [5.74, 6) is -0.627. The van der Waals surface area contributed by atoms with E-state index < -0.39 is 23.8 Å². The number of amides is 3. The van der Waals surface area contributed by atoms with E-state index in [1.807, 2.05) is 61.5 Å². The minimum absolute atomic E-state index is 0.256. The first kappa shape index (κ1) is 29.6. The van der Waals surface area contributed by atoms with Crippen LogP contribution in [0.2, 0.25) is 0 Å². The zero-order valence-electron chi connectivity index (χ0n) is 22.8. The van der Waals surface area contributed by atoms with Crippen LogP contribution in [0.1, 0.15) is 70.2 Å². The van der Waals surface area contributed by atoms with Gasteiger partial charge in [0.2, 0.25) is 11.8 Å². The fourth-order valence-electron chi connectivity index (χ4n) is 3.98. The van der Waals surface area contributed by atoms with Crippen LogP contribution >= 0.6 is 0 Å². The Bertz CT molecular complexity index is 1050. The summed E-state index contributed by atoms with van der Waals surface area (Å²) in [4.78, 5) is 41.7. The largest absolute Gasteiger partial charge is 0.444 e. The van der Waals surface area contributed by atoms with Gasteiger partial charge in [0, 0.05) is 19.5 Å². The third-order valence-electron chi connectivity index (χ3n) is 5.75. The van der Waals surface area contributed by atoms with Gasteiger partial charge in [-0.2, -0.15) is 0 Å². The average molecular weight is 508 g/mol. The van der Waals surface area contributed by atoms with E-state index in [9.17, 15) is 14.4 Å². The molecule has 2 aromatic rings. The standard InChI is InChI=1S/C30H41N3O4/c1-7-10-19-31-27(34)26(24-18-14-17-22(8-2)20-24)33(9-3)28(35)25(21-23-15-12-11-13-16-23)32-29(36)37-30(4,5)6/h8,11-18,20,25-26H,2,7,9-10,19,21H2,1,3-6H3,(H,31,34)(H,32,36). The van der Waals surface area contributed by atoms with Gasteiger partial charge >= 0.3 is 6.09 Å². The predicted molar refractivity (Wildman–Crippen MR) is 148 cm³/mol. The Morgan fingerprint density at radius 2 is 1.76 bits per heavy atom. The van der Waals surface area contributed by atoms with Crippen molar-refractivity contribution < 1.29 is 19.1 Å². The monoisotopic (exact) mass is 507 g/mol. The number of carbonyl (C=O) groups excluding carboxylic acids is 3. The molecule has 0 aliphatic carbocycles. The summed E-state index contributed by atoms with van der Waals surface area (Å²) in [6.07, 6.45) is 3.05. The van der Waals surface area contributed by atoms with Gasteiger partial charge in [-0.25, -0.2) is 4.79 Å². The molecule has 0 aliphatic heterocycles. The van der Waals surface area contributed by atoms with Crippen molar-refractivity contribution in [2.24, 2.45) is 0 Å². The summed E-state index contributed by atoms with van der Waals surface area (Å²) in [7, 11) is 0. The van der Waals surface area contributed by atoms with Crippen LogP contribution in [0.15, 0.2) is 61.2 Å². The molecule has 0 radical (unpaired) electrons. The minimum atomic E-state index is -0.925. The number of carbonyl (C=O) groups is 3. The van der Waals surface area contributed by atoms with Crippen LogP contribution < -0.4 is 10.6 Å². The molecule has 7 nitrogen and oxygen atoms in total. The molecule has 0 aromatic heterocycles. The molecule has 7 heteroatoms. The Labute approximate surface area is 221 Å². The van der Waals surface area contributed by atoms with Gasteiger partial charge in [0.15, 0.2) is 0 Å². The van der Waals surface area contributed by atoms with Gasteiger partial charge in [-0.3, -0.25) is 9.59 Å². The number of hydrogen-bond acceptors (Lipinski definition) is 4. The molecular weight excluding hydrogens is 466 g/mol. The summed E-state index contributed by atoms with van der Waals surface area (Å²) in [5.41, 5.74) is 1.68. The Balaban J connectivity index is 2.46. The van der Waals surface area contributed by atoms with Crippen molar-refractivity contribution in [2.75, 3.05) is 13.1 Å². The molecule has 2 rings (SSSR count). The normalized spacial score (nSPS) is 12.7. The lowest BCUT2D eigenvalue weighted by Crippen LogP contribution is -2.53. The topological polar surface area (TPSA) is 87.7 Å². The summed E-state index contributed by atoms with van der Waals surface area (Å²) < 4.78 is 5.45. The van der Waals surface area contributed by atoms with Crippen LogP contribution in [0.4, 0.5) is 4.79 Å². The maximum absolute atomic E-state index is 14.0. The average Bonchev–Trinajstić information content (AvgIpc) is 2.86. The van der Waals surface area contributed by atoms with E-state index in [1.165, 1.54) is 4.90 Å². The molecule has 2 unspecified atom stereocenters. The SMILES string of the molecule is C=Cc1cccc(C(C(=O)NCCCC)N(CC)C(=O)C(Cc2ccccc2)NC(=O)OC(C)(C)C)c1. The second-order valence-corrected chi connectivity index (χ2v) is 9.93. The fraction of sp³-hybridized carbons (Fsp3) is 0.433. The highest BCUT2D eigenvalue weighted by Gasteiger charge is 2.35. The molecule has 2 atom stereocenters. The number of nitrogens with one attached hydrogen (secondary N) is 2. The van der Waals surface area contributed by atoms with E-state index in [0.717, 1.165) is 24.0 Å². The van der Waals surface area contributed by atoms with Crippen LogP contribution in [0.5, 0.6) is 0 Å². The van der Waals surface area contributed by atoms with Gasteiger partial charge in [0.1, 0.15) is 17.7 Å². The van der Waals surface area contributed by atoms with Crippen molar-refractivity contribution in [3.8, 4) is 0 Å². The van der Waals surface area contributed by atoms with Gasteiger partial charge in [-0.15, -0.1) is 0 Å². The van der Waals surface area contributed by atoms with Gasteiger partial charge in [0.25, 0.3) is 0 Å². The lowest BCUT2D eigenvalue weighted by Gasteiger charge is -2.34. The molecule has 37 heavy (non-hydrogen) atoms. The fourth-order valence-corrected chi connectivity index (χ4v) is 3.98. The molecule has 200 valence electrons. The Morgan fingerprint density at radius 1 is 1.05 bits per heavy atom. The second kappa shape index (κ2) is 14.2. The number of ether oxygens (including phenoxy) is 1. The second-order valence-electron chi connectivity index (χ2n) is 9.93. The highest BCUT2D eigenvalue weighted by atomic mass is 16.6. The molecule has 0 fully saturated rings. The van der Waals surface area contributed by atoms with Crippen molar-refractivity contribution in [3.05, 3.63) is 77.9 Å². The predicted octanol–water partition coefficient (Wildman–Crippen LogP) is 5.27. The van der Waals surface area contributed by atoms with Crippen LogP contribution in [-0.4, -0.2) is 47.5 Å². The maximum atomic E-state index is 14.0. The smallest absolute Gasteiger partial charge is 0.408 e. The van der Waals surface area contributed by atoms with Crippen LogP contribution in [0.3, 0.4) is 0 Å². The van der Waals surface area contributed by atoms with E-state index in [2.05, 4.69) is 24.1 Å². The molecule has 2 aromatic carbocycles. The number of rotatable bonds is 12. The van der Waals surface area contributed by atoms with Crippen molar-refractivity contribution in [1.29, 1.82) is 0 Å². The first-order valence-electron chi connectivity index (χ1n) is 12.9. The van der Waals surface area contributed by atoms with E-state index in [0.29, 0.717) is 12.1 Å². The first-order chi connectivity index (χ1) is 17.6. The summed E-state index contributed by atoms with van der Waals surface area (Å²) in [6, 6.07) is 15.1. The van der Waals surface area contributed by atoms with Crippen LogP contribution in [0.25, 0.3) is 6.08 Å². The van der Waals surface area contributed by atoms with Gasteiger partial charge in [-0.05, 0) is 56.9 Å². The third-order valence-corrected chi connectivity index (χ3v) is 5.75. The zero-order valence-corrected chi connectivity index (χ0v) is 22.8. The van der Waals surface area contributed by atoms with E-state index in [4.69, 9.17) is 4.74 Å². The van der Waals surface area contributed by atoms with Crippen molar-refractivity contribution >= 4 is 24.0 Å². The molecule has 0 heterocycles. The maximum Gasteiger partial charge on any atom is 0.408 e. The number of benzene rings is 2. The van der Waals surface area contributed by atoms with Crippen LogP contribution in [-0.2, 0) is 20.7 Å². The zero-order chi connectivity index (χ0) is 27.4. The van der Waals surface area contributed by atoms with Crippen molar-refractivity contribution in [2.45, 2.75) is 71.6 Å². The molecule has 0 bridgehead atoms. The summed E-state index contributed by atoms with van der Waals surface area (Å²) in [5, 5.41) is 5.74. The summed E-state index contributed by atoms with van der Waals surface area (Å²) in [6.45, 7) is 13.8. The highest BCUT2D eigenvalue weighted by Crippen LogP contribution is 2.24. The molecule has 2 N–H and O–H groups in total. The number of alkyl carbamates (subject to hydrolysis) is 1. The molecule has 3 amide bonds. The highest BCUT2D eigenvalue weighted by molar-refractivity contribution is 5.92. The summed E-state index contributed by atoms with van der Waals surface area (Å²) >= 11 is 0. The number of nitrogens with zero attached hydrogens (tertiary/aromatic N) is 1. The molecule has 0 spiro atoms. The van der Waals surface area contributed by atoms with Gasteiger partial charge in [0.05, 0.1) is 0 Å². The molecular formula is C30H41N3O4. The Morgan fingerprint density at radius 3 is 2.35 bits per heavy atom. The van der Waals surface area contributed by atoms with E-state index in [1.54, 1.807) is 26.8 Å². The quantitative estimate of drug-likeness (QED) is 0.383. The Hall–Kier alpha value is -3.61. The first-order valence-corrected chi connectivity index (χ1v) is 12.9. The lowest BCUT2D eigenvalue weighted by molar-refractivity contribution is -0.142. The molecule has 0 saturated heterocycles. The van der Waals surface area contributed by atoms with Crippen molar-refractivity contribution in [3.63, 3.8) is 0 Å². The lowest BCUT2D eigenvalue weighted by atomic mass is 9.99. The number of hydrogen-bond donors (Lipinski definition) is 2. The molecule has 0 aliphatic rings.